The van der Waals surface area contributed by atoms with E-state index in [9.17, 15) is 0 Å². The van der Waals surface area contributed by atoms with Crippen LogP contribution in [0.3, 0.4) is 0 Å². The molecule has 2 aliphatic rings. The second kappa shape index (κ2) is 5.28. The normalized spacial score (nSPS) is 36.6. The first kappa shape index (κ1) is 11.4. The Kier molecular flexibility index (Phi) is 4.00. The summed E-state index contributed by atoms with van der Waals surface area (Å²) in [4.78, 5) is 2.59. The predicted molar refractivity (Wildman–Crippen MR) is 62.1 cm³/mol. The fourth-order valence-electron chi connectivity index (χ4n) is 2.77. The molecule has 1 N–H and O–H groups in total. The molecule has 0 spiro atoms. The Morgan fingerprint density at radius 2 is 2.20 bits per heavy atom. The maximum Gasteiger partial charge on any atom is 0.0706 e. The molecule has 3 unspecified atom stereocenters. The molecule has 2 rings (SSSR count). The topological polar surface area (TPSA) is 24.5 Å². The number of nitrogens with zero attached hydrogens (tertiary/aromatic N) is 1. The molecular formula is C12H24N2O. The van der Waals surface area contributed by atoms with Crippen LogP contribution in [0.15, 0.2) is 0 Å². The van der Waals surface area contributed by atoms with Crippen molar-refractivity contribution in [2.24, 2.45) is 0 Å². The van der Waals surface area contributed by atoms with Crippen molar-refractivity contribution < 1.29 is 4.74 Å². The van der Waals surface area contributed by atoms with E-state index in [0.29, 0.717) is 12.2 Å². The van der Waals surface area contributed by atoms with Crippen molar-refractivity contribution in [2.45, 2.75) is 51.4 Å². The highest BCUT2D eigenvalue weighted by atomic mass is 16.5. The SMILES string of the molecule is CCN(CC1CCC(C)O1)C1CCNC1. The van der Waals surface area contributed by atoms with Crippen LogP contribution in [0.2, 0.25) is 0 Å². The molecule has 88 valence electrons. The third-order valence-electron chi connectivity index (χ3n) is 3.71. The van der Waals surface area contributed by atoms with E-state index in [1.807, 2.05) is 0 Å². The highest BCUT2D eigenvalue weighted by Gasteiger charge is 2.27. The zero-order valence-corrected chi connectivity index (χ0v) is 10.0. The first-order valence-corrected chi connectivity index (χ1v) is 6.39. The highest BCUT2D eigenvalue weighted by molar-refractivity contribution is 4.83. The Labute approximate surface area is 93.2 Å². The summed E-state index contributed by atoms with van der Waals surface area (Å²) in [5.41, 5.74) is 0. The van der Waals surface area contributed by atoms with Crippen LogP contribution in [0, 0.1) is 0 Å². The lowest BCUT2D eigenvalue weighted by molar-refractivity contribution is 0.0245. The molecule has 0 saturated carbocycles. The number of nitrogens with one attached hydrogen (secondary N) is 1. The molecule has 0 amide bonds. The van der Waals surface area contributed by atoms with Gasteiger partial charge in [-0.15, -0.1) is 0 Å². The van der Waals surface area contributed by atoms with Crippen LogP contribution in [0.25, 0.3) is 0 Å². The highest BCUT2D eigenvalue weighted by Crippen LogP contribution is 2.21. The van der Waals surface area contributed by atoms with Crippen molar-refractivity contribution in [3.63, 3.8) is 0 Å². The van der Waals surface area contributed by atoms with Crippen LogP contribution in [0.4, 0.5) is 0 Å². The lowest BCUT2D eigenvalue weighted by atomic mass is 10.1. The number of hydrogen-bond donors (Lipinski definition) is 1. The summed E-state index contributed by atoms with van der Waals surface area (Å²) >= 11 is 0. The van der Waals surface area contributed by atoms with Gasteiger partial charge in [-0.3, -0.25) is 4.90 Å². The van der Waals surface area contributed by atoms with Gasteiger partial charge in [0, 0.05) is 19.1 Å². The standard InChI is InChI=1S/C12H24N2O/c1-3-14(11-6-7-13-8-11)9-12-5-4-10(2)15-12/h10-13H,3-9H2,1-2H3. The molecule has 0 aliphatic carbocycles. The van der Waals surface area contributed by atoms with E-state index in [1.165, 1.54) is 25.8 Å². The Morgan fingerprint density at radius 1 is 1.33 bits per heavy atom. The molecule has 3 nitrogen and oxygen atoms in total. The van der Waals surface area contributed by atoms with E-state index in [2.05, 4.69) is 24.1 Å². The smallest absolute Gasteiger partial charge is 0.0706 e. The second-order valence-electron chi connectivity index (χ2n) is 4.88. The van der Waals surface area contributed by atoms with Crippen LogP contribution in [0.1, 0.15) is 33.1 Å². The molecule has 3 heteroatoms. The van der Waals surface area contributed by atoms with Gasteiger partial charge in [0.05, 0.1) is 12.2 Å². The summed E-state index contributed by atoms with van der Waals surface area (Å²) in [5.74, 6) is 0. The first-order valence-electron chi connectivity index (χ1n) is 6.39. The van der Waals surface area contributed by atoms with Gasteiger partial charge in [0.2, 0.25) is 0 Å². The lowest BCUT2D eigenvalue weighted by Crippen LogP contribution is -2.41. The zero-order valence-electron chi connectivity index (χ0n) is 10.0. The Hall–Kier alpha value is -0.120. The van der Waals surface area contributed by atoms with E-state index in [-0.39, 0.29) is 0 Å². The van der Waals surface area contributed by atoms with Gasteiger partial charge in [-0.05, 0) is 39.3 Å². The number of hydrogen-bond acceptors (Lipinski definition) is 3. The summed E-state index contributed by atoms with van der Waals surface area (Å²) < 4.78 is 5.89. The van der Waals surface area contributed by atoms with Crippen LogP contribution >= 0.6 is 0 Å². The molecule has 15 heavy (non-hydrogen) atoms. The molecule has 0 aromatic carbocycles. The zero-order chi connectivity index (χ0) is 10.7. The molecule has 3 atom stereocenters. The lowest BCUT2D eigenvalue weighted by Gasteiger charge is -2.29. The Morgan fingerprint density at radius 3 is 2.73 bits per heavy atom. The fourth-order valence-corrected chi connectivity index (χ4v) is 2.77. The van der Waals surface area contributed by atoms with Gasteiger partial charge in [0.15, 0.2) is 0 Å². The molecule has 0 radical (unpaired) electrons. The van der Waals surface area contributed by atoms with Crippen molar-refractivity contribution in [1.29, 1.82) is 0 Å². The third kappa shape index (κ3) is 2.92. The second-order valence-corrected chi connectivity index (χ2v) is 4.88. The largest absolute Gasteiger partial charge is 0.374 e. The maximum absolute atomic E-state index is 5.89. The van der Waals surface area contributed by atoms with E-state index >= 15 is 0 Å². The summed E-state index contributed by atoms with van der Waals surface area (Å²) in [6, 6.07) is 0.745. The Bertz CT molecular complexity index is 192. The molecule has 2 fully saturated rings. The molecule has 0 aromatic rings. The van der Waals surface area contributed by atoms with E-state index in [4.69, 9.17) is 4.74 Å². The van der Waals surface area contributed by atoms with Gasteiger partial charge in [0.25, 0.3) is 0 Å². The van der Waals surface area contributed by atoms with Crippen LogP contribution in [-0.2, 0) is 4.74 Å². The molecule has 2 saturated heterocycles. The fraction of sp³-hybridized carbons (Fsp3) is 1.00. The predicted octanol–water partition coefficient (Wildman–Crippen LogP) is 1.24. The quantitative estimate of drug-likeness (QED) is 0.759. The summed E-state index contributed by atoms with van der Waals surface area (Å²) in [6.45, 7) is 9.08. The van der Waals surface area contributed by atoms with Gasteiger partial charge >= 0.3 is 0 Å². The van der Waals surface area contributed by atoms with Crippen molar-refractivity contribution >= 4 is 0 Å². The average molecular weight is 212 g/mol. The number of ether oxygens (including phenoxy) is 1. The minimum absolute atomic E-state index is 0.482. The van der Waals surface area contributed by atoms with E-state index in [0.717, 1.165) is 25.7 Å². The third-order valence-corrected chi connectivity index (χ3v) is 3.71. The molecule has 0 bridgehead atoms. The number of likely N-dealkylation sites (N-methyl/N-ethyl adjacent to an activating group) is 1. The van der Waals surface area contributed by atoms with Crippen LogP contribution in [0.5, 0.6) is 0 Å². The van der Waals surface area contributed by atoms with Gasteiger partial charge in [-0.2, -0.15) is 0 Å². The van der Waals surface area contributed by atoms with Gasteiger partial charge in [-0.1, -0.05) is 6.92 Å². The molecule has 2 heterocycles. The summed E-state index contributed by atoms with van der Waals surface area (Å²) in [5, 5.41) is 3.44. The van der Waals surface area contributed by atoms with Crippen molar-refractivity contribution in [3.8, 4) is 0 Å². The summed E-state index contributed by atoms with van der Waals surface area (Å²) in [7, 11) is 0. The maximum atomic E-state index is 5.89. The van der Waals surface area contributed by atoms with Crippen molar-refractivity contribution in [3.05, 3.63) is 0 Å². The Balaban J connectivity index is 1.79. The van der Waals surface area contributed by atoms with Gasteiger partial charge < -0.3 is 10.1 Å². The van der Waals surface area contributed by atoms with Crippen molar-refractivity contribution in [2.75, 3.05) is 26.2 Å². The number of rotatable bonds is 4. The van der Waals surface area contributed by atoms with Crippen molar-refractivity contribution in [1.82, 2.24) is 10.2 Å². The molecule has 0 aromatic heterocycles. The average Bonchev–Trinajstić information content (AvgIpc) is 2.85. The van der Waals surface area contributed by atoms with Crippen LogP contribution < -0.4 is 5.32 Å². The molecular weight excluding hydrogens is 188 g/mol. The molecule has 2 aliphatic heterocycles. The van der Waals surface area contributed by atoms with Crippen LogP contribution in [-0.4, -0.2) is 49.3 Å². The van der Waals surface area contributed by atoms with Gasteiger partial charge in [-0.25, -0.2) is 0 Å². The first-order chi connectivity index (χ1) is 7.29. The van der Waals surface area contributed by atoms with E-state index < -0.39 is 0 Å². The minimum atomic E-state index is 0.482. The summed E-state index contributed by atoms with van der Waals surface area (Å²) in [6.07, 6.45) is 4.76. The minimum Gasteiger partial charge on any atom is -0.374 e. The monoisotopic (exact) mass is 212 g/mol. The van der Waals surface area contributed by atoms with E-state index in [1.54, 1.807) is 0 Å². The van der Waals surface area contributed by atoms with Gasteiger partial charge in [0.1, 0.15) is 0 Å².